The van der Waals surface area contributed by atoms with Gasteiger partial charge in [-0.2, -0.15) is 0 Å². The highest BCUT2D eigenvalue weighted by molar-refractivity contribution is 5.62. The zero-order valence-corrected chi connectivity index (χ0v) is 13.8. The Morgan fingerprint density at radius 3 is 1.58 bits per heavy atom. The van der Waals surface area contributed by atoms with Gasteiger partial charge in [0.1, 0.15) is 0 Å². The molecule has 0 radical (unpaired) electrons. The van der Waals surface area contributed by atoms with Crippen LogP contribution < -0.4 is 5.73 Å². The molecule has 0 aromatic rings. The molecule has 0 aromatic carbocycles. The molecule has 1 aliphatic carbocycles. The second-order valence-electron chi connectivity index (χ2n) is 5.02. The van der Waals surface area contributed by atoms with E-state index < -0.39 is 5.97 Å². The SMILES string of the molecule is CC.CC(=O)O.CCCC1C(CC)C(CN)C1CC. The molecule has 1 saturated carbocycles. The molecule has 0 heterocycles. The fourth-order valence-corrected chi connectivity index (χ4v) is 3.45. The van der Waals surface area contributed by atoms with Crippen molar-refractivity contribution in [1.82, 2.24) is 0 Å². The van der Waals surface area contributed by atoms with Gasteiger partial charge in [-0.05, 0) is 30.2 Å². The summed E-state index contributed by atoms with van der Waals surface area (Å²) in [5, 5.41) is 7.42. The molecule has 1 rings (SSSR count). The molecule has 0 aliphatic heterocycles. The molecule has 0 aromatic heterocycles. The summed E-state index contributed by atoms with van der Waals surface area (Å²) in [5.74, 6) is 2.88. The molecule has 116 valence electrons. The number of nitrogens with two attached hydrogens (primary N) is 1. The van der Waals surface area contributed by atoms with E-state index in [1.807, 2.05) is 13.8 Å². The van der Waals surface area contributed by atoms with Crippen LogP contribution in [0.4, 0.5) is 0 Å². The highest BCUT2D eigenvalue weighted by Crippen LogP contribution is 2.51. The van der Waals surface area contributed by atoms with E-state index in [4.69, 9.17) is 15.6 Å². The van der Waals surface area contributed by atoms with Gasteiger partial charge < -0.3 is 10.8 Å². The van der Waals surface area contributed by atoms with Crippen LogP contribution in [0.5, 0.6) is 0 Å². The summed E-state index contributed by atoms with van der Waals surface area (Å²) in [6, 6.07) is 0. The molecule has 2 atom stereocenters. The predicted molar refractivity (Wildman–Crippen MR) is 83.2 cm³/mol. The average Bonchev–Trinajstić information content (AvgIpc) is 2.36. The minimum absolute atomic E-state index is 0.833. The molecule has 0 spiro atoms. The van der Waals surface area contributed by atoms with Gasteiger partial charge in [0.05, 0.1) is 0 Å². The number of carbonyl (C=O) groups is 1. The Hall–Kier alpha value is -0.570. The van der Waals surface area contributed by atoms with Crippen LogP contribution in [0.25, 0.3) is 0 Å². The monoisotopic (exact) mass is 273 g/mol. The fraction of sp³-hybridized carbons (Fsp3) is 0.938. The van der Waals surface area contributed by atoms with Crippen molar-refractivity contribution in [3.8, 4) is 0 Å². The molecule has 2 unspecified atom stereocenters. The van der Waals surface area contributed by atoms with Crippen LogP contribution in [0.1, 0.15) is 67.2 Å². The van der Waals surface area contributed by atoms with Gasteiger partial charge in [0.2, 0.25) is 0 Å². The van der Waals surface area contributed by atoms with Crippen LogP contribution in [0, 0.1) is 23.7 Å². The maximum Gasteiger partial charge on any atom is 0.300 e. The van der Waals surface area contributed by atoms with Crippen molar-refractivity contribution in [1.29, 1.82) is 0 Å². The normalized spacial score (nSPS) is 28.2. The number of hydrogen-bond acceptors (Lipinski definition) is 2. The van der Waals surface area contributed by atoms with E-state index in [1.165, 1.54) is 25.7 Å². The van der Waals surface area contributed by atoms with Crippen LogP contribution in [0.2, 0.25) is 0 Å². The Kier molecular flexibility index (Phi) is 13.6. The molecule has 0 bridgehead atoms. The summed E-state index contributed by atoms with van der Waals surface area (Å²) in [7, 11) is 0. The lowest BCUT2D eigenvalue weighted by molar-refractivity contribution is -0.134. The Morgan fingerprint density at radius 1 is 1.00 bits per heavy atom. The Balaban J connectivity index is 0. The lowest BCUT2D eigenvalue weighted by atomic mass is 9.53. The smallest absolute Gasteiger partial charge is 0.300 e. The van der Waals surface area contributed by atoms with Crippen LogP contribution in [0.3, 0.4) is 0 Å². The summed E-state index contributed by atoms with van der Waals surface area (Å²) < 4.78 is 0. The van der Waals surface area contributed by atoms with Gasteiger partial charge in [-0.25, -0.2) is 0 Å². The van der Waals surface area contributed by atoms with Crippen LogP contribution >= 0.6 is 0 Å². The van der Waals surface area contributed by atoms with E-state index in [1.54, 1.807) is 0 Å². The number of carboxylic acid groups (broad SMARTS) is 1. The van der Waals surface area contributed by atoms with Crippen LogP contribution in [-0.2, 0) is 4.79 Å². The van der Waals surface area contributed by atoms with Crippen molar-refractivity contribution >= 4 is 5.97 Å². The first-order chi connectivity index (χ1) is 9.03. The summed E-state index contributed by atoms with van der Waals surface area (Å²) in [6.07, 6.45) is 5.44. The van der Waals surface area contributed by atoms with Crippen molar-refractivity contribution < 1.29 is 9.90 Å². The molecule has 3 nitrogen and oxygen atoms in total. The number of carboxylic acids is 1. The van der Waals surface area contributed by atoms with Crippen molar-refractivity contribution in [2.24, 2.45) is 29.4 Å². The largest absolute Gasteiger partial charge is 0.481 e. The molecular weight excluding hydrogens is 238 g/mol. The first-order valence-electron chi connectivity index (χ1n) is 7.92. The number of hydrogen-bond donors (Lipinski definition) is 2. The zero-order chi connectivity index (χ0) is 15.4. The highest BCUT2D eigenvalue weighted by atomic mass is 16.4. The van der Waals surface area contributed by atoms with Crippen LogP contribution in [0.15, 0.2) is 0 Å². The second-order valence-corrected chi connectivity index (χ2v) is 5.02. The first-order valence-corrected chi connectivity index (χ1v) is 7.92. The summed E-state index contributed by atoms with van der Waals surface area (Å²) in [6.45, 7) is 12.9. The number of aliphatic carboxylic acids is 1. The van der Waals surface area contributed by atoms with E-state index in [2.05, 4.69) is 20.8 Å². The zero-order valence-electron chi connectivity index (χ0n) is 13.8. The third-order valence-corrected chi connectivity index (χ3v) is 4.04. The highest BCUT2D eigenvalue weighted by Gasteiger charge is 2.45. The molecule has 19 heavy (non-hydrogen) atoms. The van der Waals surface area contributed by atoms with E-state index in [9.17, 15) is 0 Å². The van der Waals surface area contributed by atoms with Gasteiger partial charge in [-0.1, -0.05) is 60.3 Å². The maximum atomic E-state index is 9.00. The van der Waals surface area contributed by atoms with Gasteiger partial charge in [0.25, 0.3) is 5.97 Å². The Morgan fingerprint density at radius 2 is 1.37 bits per heavy atom. The third kappa shape index (κ3) is 6.95. The molecule has 3 N–H and O–H groups in total. The van der Waals surface area contributed by atoms with Gasteiger partial charge in [0, 0.05) is 6.92 Å². The molecule has 3 heteroatoms. The van der Waals surface area contributed by atoms with E-state index in [0.29, 0.717) is 0 Å². The lowest BCUT2D eigenvalue weighted by Gasteiger charge is -2.52. The standard InChI is InChI=1S/C12H25N.C2H4O2.C2H6/c1-4-7-11-9(5-2)12(8-13)10(11)6-3;1-2(3)4;1-2/h9-12H,4-8,13H2,1-3H3;1H3,(H,3,4);1-2H3. The summed E-state index contributed by atoms with van der Waals surface area (Å²) in [5.41, 5.74) is 5.82. The quantitative estimate of drug-likeness (QED) is 0.790. The predicted octanol–water partition coefficient (Wildman–Crippen LogP) is 4.16. The minimum Gasteiger partial charge on any atom is -0.481 e. The minimum atomic E-state index is -0.833. The number of rotatable bonds is 5. The molecule has 1 aliphatic rings. The lowest BCUT2D eigenvalue weighted by Crippen LogP contribution is -2.49. The Bertz CT molecular complexity index is 203. The van der Waals surface area contributed by atoms with Gasteiger partial charge in [0.15, 0.2) is 0 Å². The fourth-order valence-electron chi connectivity index (χ4n) is 3.45. The molecular formula is C16H35NO2. The summed E-state index contributed by atoms with van der Waals surface area (Å²) >= 11 is 0. The van der Waals surface area contributed by atoms with E-state index in [-0.39, 0.29) is 0 Å². The van der Waals surface area contributed by atoms with Crippen molar-refractivity contribution in [3.63, 3.8) is 0 Å². The van der Waals surface area contributed by atoms with Crippen molar-refractivity contribution in [2.75, 3.05) is 6.54 Å². The first kappa shape index (κ1) is 20.7. The van der Waals surface area contributed by atoms with Gasteiger partial charge in [-0.3, -0.25) is 4.79 Å². The molecule has 1 fully saturated rings. The Labute approximate surface area is 120 Å². The van der Waals surface area contributed by atoms with Crippen molar-refractivity contribution in [2.45, 2.75) is 67.2 Å². The van der Waals surface area contributed by atoms with E-state index in [0.717, 1.165) is 37.1 Å². The topological polar surface area (TPSA) is 63.3 Å². The van der Waals surface area contributed by atoms with Gasteiger partial charge in [-0.15, -0.1) is 0 Å². The van der Waals surface area contributed by atoms with Crippen LogP contribution in [-0.4, -0.2) is 17.6 Å². The van der Waals surface area contributed by atoms with Crippen molar-refractivity contribution in [3.05, 3.63) is 0 Å². The molecule has 0 saturated heterocycles. The average molecular weight is 273 g/mol. The molecule has 0 amide bonds. The maximum absolute atomic E-state index is 9.00. The summed E-state index contributed by atoms with van der Waals surface area (Å²) in [4.78, 5) is 9.00. The second kappa shape index (κ2) is 12.5. The third-order valence-electron chi connectivity index (χ3n) is 4.04. The van der Waals surface area contributed by atoms with Gasteiger partial charge >= 0.3 is 0 Å². The van der Waals surface area contributed by atoms with E-state index >= 15 is 0 Å².